The SMILES string of the molecule is CCCCCCCCC=CCCCCCCCC1=NCCN1CCOC(=O)CCCCCCC/C=C\CCCCCCCC. The van der Waals surface area contributed by atoms with Crippen molar-refractivity contribution < 1.29 is 9.53 Å². The second-order valence-corrected chi connectivity index (χ2v) is 13.2. The van der Waals surface area contributed by atoms with Crippen molar-refractivity contribution in [2.75, 3.05) is 26.2 Å². The zero-order chi connectivity index (χ0) is 31.6. The molecule has 0 unspecified atom stereocenters. The molecule has 0 atom stereocenters. The van der Waals surface area contributed by atoms with Crippen LogP contribution >= 0.6 is 0 Å². The summed E-state index contributed by atoms with van der Waals surface area (Å²) in [4.78, 5) is 19.2. The molecule has 44 heavy (non-hydrogen) atoms. The monoisotopic (exact) mass is 615 g/mol. The molecule has 0 aromatic rings. The molecule has 4 nitrogen and oxygen atoms in total. The van der Waals surface area contributed by atoms with Gasteiger partial charge in [0.15, 0.2) is 0 Å². The highest BCUT2D eigenvalue weighted by Crippen LogP contribution is 2.14. The Balaban J connectivity index is 1.88. The average Bonchev–Trinajstić information content (AvgIpc) is 3.48. The minimum Gasteiger partial charge on any atom is -0.464 e. The lowest BCUT2D eigenvalue weighted by Crippen LogP contribution is -2.31. The quantitative estimate of drug-likeness (QED) is 0.0419. The van der Waals surface area contributed by atoms with E-state index >= 15 is 0 Å². The summed E-state index contributed by atoms with van der Waals surface area (Å²) < 4.78 is 5.55. The Morgan fingerprint density at radius 1 is 0.614 bits per heavy atom. The number of carbonyl (C=O) groups excluding carboxylic acids is 1. The third kappa shape index (κ3) is 26.8. The van der Waals surface area contributed by atoms with Gasteiger partial charge in [-0.05, 0) is 64.2 Å². The number of amidine groups is 1. The number of nitrogens with zero attached hydrogens (tertiary/aromatic N) is 2. The van der Waals surface area contributed by atoms with Crippen LogP contribution in [0.1, 0.15) is 194 Å². The summed E-state index contributed by atoms with van der Waals surface area (Å²) in [6.45, 7) is 7.72. The van der Waals surface area contributed by atoms with Crippen LogP contribution in [0.4, 0.5) is 0 Å². The number of ether oxygens (including phenoxy) is 1. The highest BCUT2D eigenvalue weighted by Gasteiger charge is 2.16. The van der Waals surface area contributed by atoms with Crippen LogP contribution in [0.25, 0.3) is 0 Å². The van der Waals surface area contributed by atoms with Crippen LogP contribution in [-0.4, -0.2) is 42.9 Å². The topological polar surface area (TPSA) is 41.9 Å². The standard InChI is InChI=1S/C40H74N2O2/c1-3-5-7-9-11-13-15-17-19-21-23-25-27-29-31-33-39-41-35-36-42(39)37-38-44-40(43)34-32-30-28-26-24-22-20-18-16-14-12-10-8-6-4-2/h17-20H,3-16,21-38H2,1-2H3/b19-17?,20-18-. The maximum absolute atomic E-state index is 12.2. The van der Waals surface area contributed by atoms with Gasteiger partial charge in [-0.15, -0.1) is 0 Å². The molecule has 0 bridgehead atoms. The molecule has 0 aliphatic carbocycles. The molecule has 0 N–H and O–H groups in total. The molecule has 4 heteroatoms. The third-order valence-corrected chi connectivity index (χ3v) is 8.96. The number of allylic oxidation sites excluding steroid dienone is 4. The van der Waals surface area contributed by atoms with E-state index in [1.54, 1.807) is 0 Å². The van der Waals surface area contributed by atoms with Gasteiger partial charge in [-0.3, -0.25) is 9.79 Å². The van der Waals surface area contributed by atoms with Crippen LogP contribution in [0.5, 0.6) is 0 Å². The Morgan fingerprint density at radius 2 is 1.05 bits per heavy atom. The normalized spacial score (nSPS) is 13.5. The lowest BCUT2D eigenvalue weighted by Gasteiger charge is -2.20. The van der Waals surface area contributed by atoms with Gasteiger partial charge in [0.1, 0.15) is 6.61 Å². The summed E-state index contributed by atoms with van der Waals surface area (Å²) in [5.41, 5.74) is 0. The van der Waals surface area contributed by atoms with Crippen molar-refractivity contribution in [1.82, 2.24) is 4.90 Å². The first-order valence-corrected chi connectivity index (χ1v) is 19.5. The van der Waals surface area contributed by atoms with Crippen LogP contribution in [-0.2, 0) is 9.53 Å². The van der Waals surface area contributed by atoms with Crippen molar-refractivity contribution in [3.8, 4) is 0 Å². The van der Waals surface area contributed by atoms with Gasteiger partial charge >= 0.3 is 5.97 Å². The van der Waals surface area contributed by atoms with Crippen molar-refractivity contribution in [2.45, 2.75) is 194 Å². The number of aliphatic imine (C=N–C) groups is 1. The molecule has 1 rings (SSSR count). The Labute approximate surface area is 275 Å². The summed E-state index contributed by atoms with van der Waals surface area (Å²) in [6, 6.07) is 0. The predicted octanol–water partition coefficient (Wildman–Crippen LogP) is 12.3. The van der Waals surface area contributed by atoms with E-state index in [2.05, 4.69) is 43.1 Å². The lowest BCUT2D eigenvalue weighted by molar-refractivity contribution is -0.143. The second-order valence-electron chi connectivity index (χ2n) is 13.2. The molecule has 0 spiro atoms. The second kappa shape index (κ2) is 32.8. The summed E-state index contributed by atoms with van der Waals surface area (Å²) in [6.07, 6.45) is 45.1. The third-order valence-electron chi connectivity index (χ3n) is 8.96. The fourth-order valence-corrected chi connectivity index (χ4v) is 6.04. The molecule has 0 radical (unpaired) electrons. The molecular weight excluding hydrogens is 540 g/mol. The highest BCUT2D eigenvalue weighted by molar-refractivity contribution is 5.83. The highest BCUT2D eigenvalue weighted by atomic mass is 16.5. The Morgan fingerprint density at radius 3 is 1.55 bits per heavy atom. The molecule has 0 fully saturated rings. The molecular formula is C40H74N2O2. The maximum Gasteiger partial charge on any atom is 0.305 e. The zero-order valence-electron chi connectivity index (χ0n) is 29.6. The number of rotatable bonds is 33. The predicted molar refractivity (Wildman–Crippen MR) is 194 cm³/mol. The van der Waals surface area contributed by atoms with Crippen molar-refractivity contribution in [3.05, 3.63) is 24.3 Å². The van der Waals surface area contributed by atoms with Gasteiger partial charge in [0.25, 0.3) is 0 Å². The largest absolute Gasteiger partial charge is 0.464 e. The van der Waals surface area contributed by atoms with E-state index in [0.717, 1.165) is 38.9 Å². The van der Waals surface area contributed by atoms with Crippen LogP contribution in [0.2, 0.25) is 0 Å². The van der Waals surface area contributed by atoms with E-state index in [1.165, 1.54) is 160 Å². The number of carbonyl (C=O) groups is 1. The lowest BCUT2D eigenvalue weighted by atomic mass is 10.1. The number of esters is 1. The molecule has 0 amide bonds. The summed E-state index contributed by atoms with van der Waals surface area (Å²) >= 11 is 0. The Hall–Kier alpha value is -1.58. The van der Waals surface area contributed by atoms with Gasteiger partial charge in [0.05, 0.1) is 18.9 Å². The number of hydrogen-bond acceptors (Lipinski definition) is 4. The van der Waals surface area contributed by atoms with E-state index in [9.17, 15) is 4.79 Å². The van der Waals surface area contributed by atoms with Gasteiger partial charge < -0.3 is 9.64 Å². The first-order chi connectivity index (χ1) is 21.8. The zero-order valence-corrected chi connectivity index (χ0v) is 29.6. The summed E-state index contributed by atoms with van der Waals surface area (Å²) in [5, 5.41) is 0. The molecule has 0 saturated carbocycles. The molecule has 1 aliphatic rings. The van der Waals surface area contributed by atoms with Crippen LogP contribution < -0.4 is 0 Å². The van der Waals surface area contributed by atoms with Crippen molar-refractivity contribution in [1.29, 1.82) is 0 Å². The molecule has 1 aliphatic heterocycles. The average molecular weight is 615 g/mol. The van der Waals surface area contributed by atoms with Gasteiger partial charge in [-0.2, -0.15) is 0 Å². The fraction of sp³-hybridized carbons (Fsp3) is 0.850. The number of unbranched alkanes of at least 4 members (excludes halogenated alkanes) is 22. The van der Waals surface area contributed by atoms with Gasteiger partial charge in [0.2, 0.25) is 0 Å². The van der Waals surface area contributed by atoms with E-state index in [1.807, 2.05) is 0 Å². The smallest absolute Gasteiger partial charge is 0.305 e. The van der Waals surface area contributed by atoms with Crippen LogP contribution in [0, 0.1) is 0 Å². The first kappa shape index (κ1) is 40.4. The minimum atomic E-state index is -0.0300. The first-order valence-electron chi connectivity index (χ1n) is 19.5. The van der Waals surface area contributed by atoms with Gasteiger partial charge in [-0.25, -0.2) is 0 Å². The van der Waals surface area contributed by atoms with E-state index < -0.39 is 0 Å². The summed E-state index contributed by atoms with van der Waals surface area (Å²) in [5.74, 6) is 1.20. The van der Waals surface area contributed by atoms with Gasteiger partial charge in [0, 0.05) is 19.4 Å². The van der Waals surface area contributed by atoms with Crippen LogP contribution in [0.15, 0.2) is 29.3 Å². The minimum absolute atomic E-state index is 0.0300. The van der Waals surface area contributed by atoms with E-state index in [-0.39, 0.29) is 5.97 Å². The Bertz CT molecular complexity index is 714. The maximum atomic E-state index is 12.2. The van der Waals surface area contributed by atoms with Crippen LogP contribution in [0.3, 0.4) is 0 Å². The molecule has 0 aromatic carbocycles. The van der Waals surface area contributed by atoms with Gasteiger partial charge in [-0.1, -0.05) is 141 Å². The molecule has 0 aromatic heterocycles. The van der Waals surface area contributed by atoms with E-state index in [4.69, 9.17) is 9.73 Å². The Kier molecular flexibility index (Phi) is 30.2. The van der Waals surface area contributed by atoms with Crippen molar-refractivity contribution >= 4 is 11.8 Å². The fourth-order valence-electron chi connectivity index (χ4n) is 6.04. The molecule has 256 valence electrons. The van der Waals surface area contributed by atoms with Crippen molar-refractivity contribution in [3.63, 3.8) is 0 Å². The van der Waals surface area contributed by atoms with Crippen molar-refractivity contribution in [2.24, 2.45) is 4.99 Å². The van der Waals surface area contributed by atoms with E-state index in [0.29, 0.717) is 13.0 Å². The molecule has 0 saturated heterocycles. The molecule has 1 heterocycles. The summed E-state index contributed by atoms with van der Waals surface area (Å²) in [7, 11) is 0. The number of hydrogen-bond donors (Lipinski definition) is 0.